The molecule has 18 heavy (non-hydrogen) atoms. The molecule has 2 amide bonds. The second-order valence-electron chi connectivity index (χ2n) is 4.24. The molecule has 0 fully saturated rings. The molecule has 5 nitrogen and oxygen atoms in total. The van der Waals surface area contributed by atoms with Gasteiger partial charge in [0.05, 0.1) is 0 Å². The summed E-state index contributed by atoms with van der Waals surface area (Å²) in [7, 11) is 1.56. The maximum atomic E-state index is 11.4. The lowest BCUT2D eigenvalue weighted by molar-refractivity contribution is -0.126. The first-order valence-electron chi connectivity index (χ1n) is 5.91. The van der Waals surface area contributed by atoms with E-state index in [9.17, 15) is 9.59 Å². The highest BCUT2D eigenvalue weighted by molar-refractivity contribution is 5.94. The van der Waals surface area contributed by atoms with Crippen molar-refractivity contribution in [3.63, 3.8) is 0 Å². The van der Waals surface area contributed by atoms with Crippen molar-refractivity contribution in [1.29, 1.82) is 0 Å². The van der Waals surface area contributed by atoms with E-state index < -0.39 is 6.10 Å². The van der Waals surface area contributed by atoms with Crippen LogP contribution in [0.4, 0.5) is 5.69 Å². The van der Waals surface area contributed by atoms with Gasteiger partial charge in [-0.05, 0) is 25.0 Å². The minimum absolute atomic E-state index is 0.0130. The number of rotatable bonds is 3. The number of ether oxygens (including phenoxy) is 1. The van der Waals surface area contributed by atoms with Crippen molar-refractivity contribution in [3.05, 3.63) is 23.8 Å². The van der Waals surface area contributed by atoms with E-state index in [1.165, 1.54) is 0 Å². The predicted molar refractivity (Wildman–Crippen MR) is 67.5 cm³/mol. The first-order chi connectivity index (χ1) is 8.60. The molecule has 0 saturated carbocycles. The number of hydrogen-bond donors (Lipinski definition) is 2. The van der Waals surface area contributed by atoms with Gasteiger partial charge in [-0.2, -0.15) is 0 Å². The van der Waals surface area contributed by atoms with Crippen molar-refractivity contribution >= 4 is 17.5 Å². The third-order valence-corrected chi connectivity index (χ3v) is 2.91. The van der Waals surface area contributed by atoms with Crippen molar-refractivity contribution < 1.29 is 14.3 Å². The van der Waals surface area contributed by atoms with E-state index >= 15 is 0 Å². The van der Waals surface area contributed by atoms with Crippen molar-refractivity contribution in [3.8, 4) is 5.75 Å². The SMILES string of the molecule is CNC(=O)C(C)Oc1ccc2c(c1)NC(=O)CC2. The van der Waals surface area contributed by atoms with E-state index in [-0.39, 0.29) is 11.8 Å². The highest BCUT2D eigenvalue weighted by Crippen LogP contribution is 2.27. The van der Waals surface area contributed by atoms with Gasteiger partial charge in [0, 0.05) is 25.2 Å². The molecule has 96 valence electrons. The molecule has 0 spiro atoms. The molecule has 0 radical (unpaired) electrons. The van der Waals surface area contributed by atoms with Crippen LogP contribution < -0.4 is 15.4 Å². The number of hydrogen-bond acceptors (Lipinski definition) is 3. The second-order valence-corrected chi connectivity index (χ2v) is 4.24. The van der Waals surface area contributed by atoms with Crippen LogP contribution in [0.5, 0.6) is 5.75 Å². The van der Waals surface area contributed by atoms with Crippen LogP contribution in [0.1, 0.15) is 18.9 Å². The van der Waals surface area contributed by atoms with Gasteiger partial charge in [-0.15, -0.1) is 0 Å². The summed E-state index contributed by atoms with van der Waals surface area (Å²) >= 11 is 0. The first kappa shape index (κ1) is 12.4. The molecule has 0 aromatic heterocycles. The number of carbonyl (C=O) groups excluding carboxylic acids is 2. The smallest absolute Gasteiger partial charge is 0.260 e. The third kappa shape index (κ3) is 2.61. The lowest BCUT2D eigenvalue weighted by Crippen LogP contribution is -2.33. The minimum atomic E-state index is -0.563. The summed E-state index contributed by atoms with van der Waals surface area (Å²) in [6.45, 7) is 1.68. The van der Waals surface area contributed by atoms with Crippen LogP contribution >= 0.6 is 0 Å². The van der Waals surface area contributed by atoms with Crippen molar-refractivity contribution in [2.45, 2.75) is 25.9 Å². The Hall–Kier alpha value is -2.04. The maximum Gasteiger partial charge on any atom is 0.260 e. The van der Waals surface area contributed by atoms with E-state index in [0.717, 1.165) is 17.7 Å². The van der Waals surface area contributed by atoms with E-state index in [2.05, 4.69) is 10.6 Å². The Morgan fingerprint density at radius 2 is 2.22 bits per heavy atom. The van der Waals surface area contributed by atoms with Crippen molar-refractivity contribution in [2.24, 2.45) is 0 Å². The molecule has 0 aliphatic carbocycles. The van der Waals surface area contributed by atoms with E-state index in [0.29, 0.717) is 12.2 Å². The Bertz CT molecular complexity index is 485. The summed E-state index contributed by atoms with van der Waals surface area (Å²) < 4.78 is 5.50. The zero-order valence-corrected chi connectivity index (χ0v) is 10.4. The minimum Gasteiger partial charge on any atom is -0.481 e. The quantitative estimate of drug-likeness (QED) is 0.841. The standard InChI is InChI=1S/C13H16N2O3/c1-8(13(17)14-2)18-10-5-3-9-4-6-12(16)15-11(9)7-10/h3,5,7-8H,4,6H2,1-2H3,(H,14,17)(H,15,16). The average molecular weight is 248 g/mol. The fourth-order valence-electron chi connectivity index (χ4n) is 1.89. The monoisotopic (exact) mass is 248 g/mol. The summed E-state index contributed by atoms with van der Waals surface area (Å²) in [6, 6.07) is 5.49. The van der Waals surface area contributed by atoms with E-state index in [1.54, 1.807) is 20.0 Å². The Morgan fingerprint density at radius 3 is 2.94 bits per heavy atom. The van der Waals surface area contributed by atoms with Crippen LogP contribution in [0.25, 0.3) is 0 Å². The van der Waals surface area contributed by atoms with E-state index in [1.807, 2.05) is 12.1 Å². The van der Waals surface area contributed by atoms with Gasteiger partial charge in [-0.3, -0.25) is 9.59 Å². The number of likely N-dealkylation sites (N-methyl/N-ethyl adjacent to an activating group) is 1. The number of nitrogens with one attached hydrogen (secondary N) is 2. The molecule has 1 aromatic carbocycles. The lowest BCUT2D eigenvalue weighted by Gasteiger charge is -2.19. The van der Waals surface area contributed by atoms with Crippen LogP contribution in [0.2, 0.25) is 0 Å². The normalized spacial score (nSPS) is 15.3. The fourth-order valence-corrected chi connectivity index (χ4v) is 1.89. The van der Waals surface area contributed by atoms with E-state index in [4.69, 9.17) is 4.74 Å². The molecule has 1 atom stereocenters. The van der Waals surface area contributed by atoms with Gasteiger partial charge in [-0.1, -0.05) is 6.07 Å². The van der Waals surface area contributed by atoms with Crippen LogP contribution in [-0.4, -0.2) is 25.0 Å². The Morgan fingerprint density at radius 1 is 1.44 bits per heavy atom. The molecule has 1 unspecified atom stereocenters. The third-order valence-electron chi connectivity index (χ3n) is 2.91. The van der Waals surface area contributed by atoms with Crippen LogP contribution in [-0.2, 0) is 16.0 Å². The van der Waals surface area contributed by atoms with Crippen LogP contribution in [0.3, 0.4) is 0 Å². The second kappa shape index (κ2) is 5.08. The number of aryl methyl sites for hydroxylation is 1. The van der Waals surface area contributed by atoms with Gasteiger partial charge < -0.3 is 15.4 Å². The highest BCUT2D eigenvalue weighted by Gasteiger charge is 2.17. The van der Waals surface area contributed by atoms with Crippen LogP contribution in [0, 0.1) is 0 Å². The summed E-state index contributed by atoms with van der Waals surface area (Å²) in [5.41, 5.74) is 1.86. The average Bonchev–Trinajstić information content (AvgIpc) is 2.37. The fraction of sp³-hybridized carbons (Fsp3) is 0.385. The summed E-state index contributed by atoms with van der Waals surface area (Å²) in [4.78, 5) is 22.6. The van der Waals surface area contributed by atoms with Gasteiger partial charge in [0.2, 0.25) is 5.91 Å². The zero-order chi connectivity index (χ0) is 13.1. The number of benzene rings is 1. The number of amides is 2. The number of anilines is 1. The van der Waals surface area contributed by atoms with Crippen molar-refractivity contribution in [2.75, 3.05) is 12.4 Å². The number of fused-ring (bicyclic) bond motifs is 1. The molecular formula is C13H16N2O3. The molecule has 1 aliphatic heterocycles. The molecule has 1 heterocycles. The molecule has 0 bridgehead atoms. The van der Waals surface area contributed by atoms with Crippen molar-refractivity contribution in [1.82, 2.24) is 5.32 Å². The lowest BCUT2D eigenvalue weighted by atomic mass is 10.0. The molecule has 1 aliphatic rings. The first-order valence-corrected chi connectivity index (χ1v) is 5.91. The van der Waals surface area contributed by atoms with Gasteiger partial charge >= 0.3 is 0 Å². The summed E-state index contributed by atoms with van der Waals surface area (Å²) in [5, 5.41) is 5.32. The van der Waals surface area contributed by atoms with Gasteiger partial charge in [-0.25, -0.2) is 0 Å². The molecule has 5 heteroatoms. The van der Waals surface area contributed by atoms with Crippen LogP contribution in [0.15, 0.2) is 18.2 Å². The molecule has 2 rings (SSSR count). The topological polar surface area (TPSA) is 67.4 Å². The number of carbonyl (C=O) groups is 2. The predicted octanol–water partition coefficient (Wildman–Crippen LogP) is 1.08. The Kier molecular flexibility index (Phi) is 3.50. The molecule has 1 aromatic rings. The van der Waals surface area contributed by atoms with Gasteiger partial charge in [0.1, 0.15) is 5.75 Å². The zero-order valence-electron chi connectivity index (χ0n) is 10.4. The van der Waals surface area contributed by atoms with Gasteiger partial charge in [0.25, 0.3) is 5.91 Å². The Balaban J connectivity index is 2.13. The molecule has 2 N–H and O–H groups in total. The molecule has 0 saturated heterocycles. The maximum absolute atomic E-state index is 11.4. The summed E-state index contributed by atoms with van der Waals surface area (Å²) in [5.74, 6) is 0.405. The molecular weight excluding hydrogens is 232 g/mol. The summed E-state index contributed by atoms with van der Waals surface area (Å²) in [6.07, 6.45) is 0.696. The largest absolute Gasteiger partial charge is 0.481 e. The van der Waals surface area contributed by atoms with Gasteiger partial charge in [0.15, 0.2) is 6.10 Å². The highest BCUT2D eigenvalue weighted by atomic mass is 16.5. The Labute approximate surface area is 106 Å².